The Labute approximate surface area is 212 Å². The highest BCUT2D eigenvalue weighted by molar-refractivity contribution is 7.13. The fourth-order valence-electron chi connectivity index (χ4n) is 3.81. The summed E-state index contributed by atoms with van der Waals surface area (Å²) in [4.78, 5) is 33.9. The van der Waals surface area contributed by atoms with Gasteiger partial charge in [-0.3, -0.25) is 9.59 Å². The van der Waals surface area contributed by atoms with Gasteiger partial charge < -0.3 is 19.9 Å². The molecular weight excluding hydrogens is 476 g/mol. The zero-order valence-electron chi connectivity index (χ0n) is 19.4. The van der Waals surface area contributed by atoms with Gasteiger partial charge in [0.1, 0.15) is 18.2 Å². The van der Waals surface area contributed by atoms with Crippen LogP contribution in [-0.4, -0.2) is 58.1 Å². The van der Waals surface area contributed by atoms with Crippen LogP contribution in [0, 0.1) is 0 Å². The average Bonchev–Trinajstić information content (AvgIpc) is 3.43. The van der Waals surface area contributed by atoms with Crippen molar-refractivity contribution in [1.29, 1.82) is 0 Å². The molecule has 0 bridgehead atoms. The van der Waals surface area contributed by atoms with E-state index in [2.05, 4.69) is 25.4 Å². The van der Waals surface area contributed by atoms with E-state index in [1.807, 2.05) is 53.4 Å². The highest BCUT2D eigenvalue weighted by Gasteiger charge is 2.23. The third-order valence-electron chi connectivity index (χ3n) is 5.70. The van der Waals surface area contributed by atoms with Crippen LogP contribution in [0.25, 0.3) is 0 Å². The first-order valence-electron chi connectivity index (χ1n) is 11.5. The second kappa shape index (κ2) is 11.0. The molecule has 9 nitrogen and oxygen atoms in total. The Morgan fingerprint density at radius 2 is 1.64 bits per heavy atom. The van der Waals surface area contributed by atoms with E-state index in [9.17, 15) is 9.59 Å². The summed E-state index contributed by atoms with van der Waals surface area (Å²) in [5.41, 5.74) is 1.16. The number of hydrogen-bond donors (Lipinski definition) is 1. The molecule has 0 atom stereocenters. The number of anilines is 2. The first kappa shape index (κ1) is 23.4. The van der Waals surface area contributed by atoms with Gasteiger partial charge in [-0.05, 0) is 48.5 Å². The zero-order chi connectivity index (χ0) is 24.7. The van der Waals surface area contributed by atoms with Gasteiger partial charge in [-0.2, -0.15) is 0 Å². The minimum Gasteiger partial charge on any atom is -0.486 e. The standard InChI is InChI=1S/C26H24N6O3S/c33-24(25-30-29-23(36-25)18-35-21-6-2-1-3-7-21)28-20-11-9-19(10-12-20)26(34)32-16-14-31(15-17-32)22-8-4-5-13-27-22/h1-13H,14-18H2,(H,28,33). The van der Waals surface area contributed by atoms with Crippen LogP contribution in [0.4, 0.5) is 11.5 Å². The minimum absolute atomic E-state index is 0.0271. The van der Waals surface area contributed by atoms with Crippen LogP contribution in [0.2, 0.25) is 0 Å². The normalized spacial score (nSPS) is 13.3. The van der Waals surface area contributed by atoms with Crippen LogP contribution in [-0.2, 0) is 6.61 Å². The number of hydrogen-bond acceptors (Lipinski definition) is 8. The van der Waals surface area contributed by atoms with Crippen molar-refractivity contribution in [3.05, 3.63) is 94.6 Å². The fourth-order valence-corrected chi connectivity index (χ4v) is 4.46. The van der Waals surface area contributed by atoms with Crippen molar-refractivity contribution in [1.82, 2.24) is 20.1 Å². The molecule has 0 radical (unpaired) electrons. The predicted octanol–water partition coefficient (Wildman–Crippen LogP) is 3.73. The molecule has 2 aromatic carbocycles. The molecule has 1 aliphatic heterocycles. The molecule has 3 heterocycles. The van der Waals surface area contributed by atoms with Crippen molar-refractivity contribution < 1.29 is 14.3 Å². The summed E-state index contributed by atoms with van der Waals surface area (Å²) in [6.07, 6.45) is 1.78. The second-order valence-corrected chi connectivity index (χ2v) is 9.16. The molecule has 1 aliphatic rings. The number of nitrogens with zero attached hydrogens (tertiary/aromatic N) is 5. The maximum absolute atomic E-state index is 12.9. The molecule has 2 amide bonds. The third-order valence-corrected chi connectivity index (χ3v) is 6.59. The average molecular weight is 501 g/mol. The number of carbonyl (C=O) groups is 2. The van der Waals surface area contributed by atoms with Crippen molar-refractivity contribution in [3.8, 4) is 5.75 Å². The number of para-hydroxylation sites is 1. The SMILES string of the molecule is O=C(Nc1ccc(C(=O)N2CCN(c3ccccn3)CC2)cc1)c1nnc(COc2ccccc2)s1. The molecule has 1 N–H and O–H groups in total. The lowest BCUT2D eigenvalue weighted by atomic mass is 10.1. The van der Waals surface area contributed by atoms with E-state index in [4.69, 9.17) is 4.74 Å². The molecule has 36 heavy (non-hydrogen) atoms. The molecule has 2 aromatic heterocycles. The van der Waals surface area contributed by atoms with Crippen LogP contribution < -0.4 is 15.0 Å². The number of carbonyl (C=O) groups excluding carboxylic acids is 2. The van der Waals surface area contributed by atoms with Gasteiger partial charge in [0.2, 0.25) is 5.01 Å². The van der Waals surface area contributed by atoms with E-state index in [1.54, 1.807) is 30.5 Å². The second-order valence-electron chi connectivity index (χ2n) is 8.10. The summed E-state index contributed by atoms with van der Waals surface area (Å²) in [7, 11) is 0. The van der Waals surface area contributed by atoms with Crippen LogP contribution in [0.5, 0.6) is 5.75 Å². The molecule has 1 saturated heterocycles. The minimum atomic E-state index is -0.358. The summed E-state index contributed by atoms with van der Waals surface area (Å²) < 4.78 is 5.65. The summed E-state index contributed by atoms with van der Waals surface area (Å²) in [5.74, 6) is 1.27. The van der Waals surface area contributed by atoms with Gasteiger partial charge in [-0.1, -0.05) is 35.6 Å². The Balaban J connectivity index is 1.12. The Hall–Kier alpha value is -4.31. The van der Waals surface area contributed by atoms with E-state index in [0.29, 0.717) is 29.3 Å². The monoisotopic (exact) mass is 500 g/mol. The third kappa shape index (κ3) is 5.66. The lowest BCUT2D eigenvalue weighted by Gasteiger charge is -2.35. The lowest BCUT2D eigenvalue weighted by Crippen LogP contribution is -2.49. The van der Waals surface area contributed by atoms with Gasteiger partial charge in [0, 0.05) is 43.6 Å². The number of rotatable bonds is 7. The predicted molar refractivity (Wildman–Crippen MR) is 137 cm³/mol. The van der Waals surface area contributed by atoms with E-state index >= 15 is 0 Å². The highest BCUT2D eigenvalue weighted by atomic mass is 32.1. The highest BCUT2D eigenvalue weighted by Crippen LogP contribution is 2.18. The molecule has 4 aromatic rings. The summed E-state index contributed by atoms with van der Waals surface area (Å²) >= 11 is 1.18. The van der Waals surface area contributed by atoms with E-state index < -0.39 is 0 Å². The molecular formula is C26H24N6O3S. The van der Waals surface area contributed by atoms with Gasteiger partial charge in [0.25, 0.3) is 11.8 Å². The number of ether oxygens (including phenoxy) is 1. The van der Waals surface area contributed by atoms with E-state index in [-0.39, 0.29) is 23.4 Å². The van der Waals surface area contributed by atoms with Gasteiger partial charge in [0.15, 0.2) is 5.01 Å². The quantitative estimate of drug-likeness (QED) is 0.413. The van der Waals surface area contributed by atoms with Crippen LogP contribution >= 0.6 is 11.3 Å². The number of pyridine rings is 1. The van der Waals surface area contributed by atoms with Gasteiger partial charge in [-0.15, -0.1) is 10.2 Å². The molecule has 0 unspecified atom stereocenters. The molecule has 182 valence electrons. The molecule has 5 rings (SSSR count). The Morgan fingerprint density at radius 3 is 2.36 bits per heavy atom. The maximum Gasteiger partial charge on any atom is 0.286 e. The number of amides is 2. The maximum atomic E-state index is 12.9. The number of aromatic nitrogens is 3. The van der Waals surface area contributed by atoms with E-state index in [0.717, 1.165) is 24.7 Å². The summed E-state index contributed by atoms with van der Waals surface area (Å²) in [6.45, 7) is 2.96. The zero-order valence-corrected chi connectivity index (χ0v) is 20.2. The van der Waals surface area contributed by atoms with Gasteiger partial charge in [-0.25, -0.2) is 4.98 Å². The Morgan fingerprint density at radius 1 is 0.889 bits per heavy atom. The molecule has 0 saturated carbocycles. The fraction of sp³-hybridized carbons (Fsp3) is 0.192. The topological polar surface area (TPSA) is 101 Å². The molecule has 1 fully saturated rings. The first-order valence-corrected chi connectivity index (χ1v) is 12.3. The first-order chi connectivity index (χ1) is 17.7. The summed E-state index contributed by atoms with van der Waals surface area (Å²) in [6, 6.07) is 22.1. The van der Waals surface area contributed by atoms with Crippen LogP contribution in [0.1, 0.15) is 25.2 Å². The van der Waals surface area contributed by atoms with Crippen molar-refractivity contribution >= 4 is 34.7 Å². The molecule has 0 spiro atoms. The van der Waals surface area contributed by atoms with Crippen LogP contribution in [0.3, 0.4) is 0 Å². The van der Waals surface area contributed by atoms with Crippen LogP contribution in [0.15, 0.2) is 79.0 Å². The number of piperazine rings is 1. The van der Waals surface area contributed by atoms with Gasteiger partial charge in [0.05, 0.1) is 0 Å². The lowest BCUT2D eigenvalue weighted by molar-refractivity contribution is 0.0746. The van der Waals surface area contributed by atoms with Crippen molar-refractivity contribution in [2.24, 2.45) is 0 Å². The van der Waals surface area contributed by atoms with E-state index in [1.165, 1.54) is 11.3 Å². The van der Waals surface area contributed by atoms with Gasteiger partial charge >= 0.3 is 0 Å². The number of benzene rings is 2. The Kier molecular flexibility index (Phi) is 7.13. The van der Waals surface area contributed by atoms with Crippen molar-refractivity contribution in [3.63, 3.8) is 0 Å². The smallest absolute Gasteiger partial charge is 0.286 e. The molecule has 10 heteroatoms. The van der Waals surface area contributed by atoms with Crippen molar-refractivity contribution in [2.75, 3.05) is 36.4 Å². The molecule has 0 aliphatic carbocycles. The number of nitrogens with one attached hydrogen (secondary N) is 1. The van der Waals surface area contributed by atoms with Crippen molar-refractivity contribution in [2.45, 2.75) is 6.61 Å². The Bertz CT molecular complexity index is 1310. The summed E-state index contributed by atoms with van der Waals surface area (Å²) in [5, 5.41) is 11.7. The largest absolute Gasteiger partial charge is 0.486 e.